The lowest BCUT2D eigenvalue weighted by Gasteiger charge is -2.20. The topological polar surface area (TPSA) is 113 Å². The SMILES string of the molecule is CCOC(=O)CCNCc1cc(O)c2c(c1)C(=O)c1cccc(O)c1C2=O. The highest BCUT2D eigenvalue weighted by atomic mass is 16.5. The van der Waals surface area contributed by atoms with Crippen LogP contribution in [-0.4, -0.2) is 40.9 Å². The molecule has 0 aliphatic heterocycles. The molecule has 0 heterocycles. The fraction of sp³-hybridized carbons (Fsp3) is 0.250. The zero-order chi connectivity index (χ0) is 19.6. The van der Waals surface area contributed by atoms with Gasteiger partial charge in [-0.15, -0.1) is 0 Å². The number of phenolic OH excluding ortho intramolecular Hbond substituents is 2. The van der Waals surface area contributed by atoms with Gasteiger partial charge in [-0.3, -0.25) is 14.4 Å². The molecular weight excluding hydrogens is 350 g/mol. The fourth-order valence-corrected chi connectivity index (χ4v) is 3.10. The molecule has 0 saturated carbocycles. The first-order valence-corrected chi connectivity index (χ1v) is 8.57. The molecule has 3 N–H and O–H groups in total. The van der Waals surface area contributed by atoms with Gasteiger partial charge < -0.3 is 20.3 Å². The van der Waals surface area contributed by atoms with Crippen LogP contribution in [0.3, 0.4) is 0 Å². The van der Waals surface area contributed by atoms with Gasteiger partial charge >= 0.3 is 5.97 Å². The highest BCUT2D eigenvalue weighted by molar-refractivity contribution is 6.30. The molecule has 1 aliphatic carbocycles. The van der Waals surface area contributed by atoms with Crippen molar-refractivity contribution < 1.29 is 29.3 Å². The summed E-state index contributed by atoms with van der Waals surface area (Å²) in [6.07, 6.45) is 0.203. The number of hydrogen-bond donors (Lipinski definition) is 3. The van der Waals surface area contributed by atoms with Crippen molar-refractivity contribution in [2.45, 2.75) is 19.9 Å². The van der Waals surface area contributed by atoms with Crippen molar-refractivity contribution in [3.05, 3.63) is 58.1 Å². The van der Waals surface area contributed by atoms with Gasteiger partial charge in [0.15, 0.2) is 5.78 Å². The molecule has 0 spiro atoms. The molecule has 0 radical (unpaired) electrons. The van der Waals surface area contributed by atoms with Gasteiger partial charge in [0.25, 0.3) is 0 Å². The third-order valence-corrected chi connectivity index (χ3v) is 4.30. The van der Waals surface area contributed by atoms with Crippen LogP contribution in [0.4, 0.5) is 0 Å². The second-order valence-electron chi connectivity index (χ2n) is 6.13. The molecular formula is C20H19NO6. The van der Waals surface area contributed by atoms with E-state index >= 15 is 0 Å². The first-order chi connectivity index (χ1) is 12.9. The summed E-state index contributed by atoms with van der Waals surface area (Å²) >= 11 is 0. The quantitative estimate of drug-likeness (QED) is 0.449. The Balaban J connectivity index is 1.82. The van der Waals surface area contributed by atoms with Crippen LogP contribution in [0.1, 0.15) is 50.8 Å². The zero-order valence-electron chi connectivity index (χ0n) is 14.7. The van der Waals surface area contributed by atoms with Gasteiger partial charge in [-0.1, -0.05) is 12.1 Å². The molecule has 140 valence electrons. The molecule has 7 heteroatoms. The van der Waals surface area contributed by atoms with E-state index in [-0.39, 0.29) is 46.1 Å². The van der Waals surface area contributed by atoms with E-state index < -0.39 is 11.6 Å². The molecule has 0 unspecified atom stereocenters. The number of carbonyl (C=O) groups is 3. The van der Waals surface area contributed by atoms with E-state index in [4.69, 9.17) is 4.74 Å². The zero-order valence-corrected chi connectivity index (χ0v) is 14.7. The number of fused-ring (bicyclic) bond motifs is 2. The normalized spacial score (nSPS) is 12.5. The van der Waals surface area contributed by atoms with Crippen molar-refractivity contribution in [1.29, 1.82) is 0 Å². The van der Waals surface area contributed by atoms with Crippen LogP contribution in [0.25, 0.3) is 0 Å². The Labute approximate surface area is 155 Å². The minimum absolute atomic E-state index is 0.0920. The summed E-state index contributed by atoms with van der Waals surface area (Å²) in [7, 11) is 0. The largest absolute Gasteiger partial charge is 0.507 e. The highest BCUT2D eigenvalue weighted by Gasteiger charge is 2.34. The third-order valence-electron chi connectivity index (χ3n) is 4.30. The Morgan fingerprint density at radius 2 is 1.78 bits per heavy atom. The third kappa shape index (κ3) is 3.54. The van der Waals surface area contributed by atoms with Crippen LogP contribution < -0.4 is 5.32 Å². The number of ether oxygens (including phenoxy) is 1. The second-order valence-corrected chi connectivity index (χ2v) is 6.13. The molecule has 0 fully saturated rings. The van der Waals surface area contributed by atoms with E-state index in [1.807, 2.05) is 0 Å². The lowest BCUT2D eigenvalue weighted by Crippen LogP contribution is -2.23. The molecule has 27 heavy (non-hydrogen) atoms. The average molecular weight is 369 g/mol. The maximum absolute atomic E-state index is 12.7. The number of aromatic hydroxyl groups is 2. The Hall–Kier alpha value is -3.19. The van der Waals surface area contributed by atoms with Gasteiger partial charge in [0, 0.05) is 24.2 Å². The Morgan fingerprint density at radius 1 is 1.04 bits per heavy atom. The number of hydrogen-bond acceptors (Lipinski definition) is 7. The van der Waals surface area contributed by atoms with Crippen LogP contribution in [0.15, 0.2) is 30.3 Å². The molecule has 0 saturated heterocycles. The van der Waals surface area contributed by atoms with Crippen molar-refractivity contribution in [2.24, 2.45) is 0 Å². The van der Waals surface area contributed by atoms with Crippen molar-refractivity contribution in [2.75, 3.05) is 13.2 Å². The summed E-state index contributed by atoms with van der Waals surface area (Å²) in [5.74, 6) is -1.94. The minimum Gasteiger partial charge on any atom is -0.507 e. The molecule has 0 amide bonds. The molecule has 3 rings (SSSR count). The van der Waals surface area contributed by atoms with Gasteiger partial charge in [-0.05, 0) is 30.7 Å². The second kappa shape index (κ2) is 7.59. The van der Waals surface area contributed by atoms with Crippen LogP contribution in [0, 0.1) is 0 Å². The van der Waals surface area contributed by atoms with Gasteiger partial charge in [-0.25, -0.2) is 0 Å². The molecule has 0 bridgehead atoms. The van der Waals surface area contributed by atoms with Crippen LogP contribution >= 0.6 is 0 Å². The molecule has 0 aromatic heterocycles. The van der Waals surface area contributed by atoms with Crippen molar-refractivity contribution in [1.82, 2.24) is 5.32 Å². The Morgan fingerprint density at radius 3 is 2.52 bits per heavy atom. The fourth-order valence-electron chi connectivity index (χ4n) is 3.10. The van der Waals surface area contributed by atoms with Gasteiger partial charge in [0.1, 0.15) is 11.5 Å². The summed E-state index contributed by atoms with van der Waals surface area (Å²) in [4.78, 5) is 36.7. The number of benzene rings is 2. The predicted molar refractivity (Wildman–Crippen MR) is 96.0 cm³/mol. The minimum atomic E-state index is -0.586. The molecule has 2 aromatic carbocycles. The average Bonchev–Trinajstić information content (AvgIpc) is 2.63. The van der Waals surface area contributed by atoms with Gasteiger partial charge in [0.05, 0.1) is 24.2 Å². The first kappa shape index (κ1) is 18.6. The smallest absolute Gasteiger partial charge is 0.307 e. The van der Waals surface area contributed by atoms with E-state index in [1.165, 1.54) is 24.3 Å². The Bertz CT molecular complexity index is 934. The molecule has 7 nitrogen and oxygen atoms in total. The summed E-state index contributed by atoms with van der Waals surface area (Å²) in [5.41, 5.74) is 0.606. The first-order valence-electron chi connectivity index (χ1n) is 8.57. The predicted octanol–water partition coefficient (Wildman–Crippen LogP) is 1.92. The number of phenols is 2. The summed E-state index contributed by atoms with van der Waals surface area (Å²) in [5, 5.41) is 23.3. The van der Waals surface area contributed by atoms with Crippen LogP contribution in [0.5, 0.6) is 11.5 Å². The van der Waals surface area contributed by atoms with Crippen molar-refractivity contribution in [3.63, 3.8) is 0 Å². The maximum Gasteiger partial charge on any atom is 0.307 e. The number of rotatable bonds is 6. The van der Waals surface area contributed by atoms with E-state index in [9.17, 15) is 24.6 Å². The van der Waals surface area contributed by atoms with E-state index in [1.54, 1.807) is 13.0 Å². The molecule has 0 atom stereocenters. The Kier molecular flexibility index (Phi) is 5.23. The number of carbonyl (C=O) groups excluding carboxylic acids is 3. The van der Waals surface area contributed by atoms with Gasteiger partial charge in [0.2, 0.25) is 5.78 Å². The van der Waals surface area contributed by atoms with Crippen LogP contribution in [0.2, 0.25) is 0 Å². The van der Waals surface area contributed by atoms with Crippen LogP contribution in [-0.2, 0) is 16.1 Å². The number of nitrogens with one attached hydrogen (secondary N) is 1. The van der Waals surface area contributed by atoms with E-state index in [2.05, 4.69) is 5.32 Å². The lowest BCUT2D eigenvalue weighted by atomic mass is 9.82. The maximum atomic E-state index is 12.7. The van der Waals surface area contributed by atoms with Crippen molar-refractivity contribution >= 4 is 17.5 Å². The molecule has 1 aliphatic rings. The van der Waals surface area contributed by atoms with E-state index in [0.717, 1.165) is 0 Å². The molecule has 2 aromatic rings. The van der Waals surface area contributed by atoms with Crippen molar-refractivity contribution in [3.8, 4) is 11.5 Å². The highest BCUT2D eigenvalue weighted by Crippen LogP contribution is 2.37. The number of esters is 1. The standard InChI is InChI=1S/C20H19NO6/c1-2-27-16(24)6-7-21-10-11-8-13-18(15(23)9-11)20(26)17-12(19(13)25)4-3-5-14(17)22/h3-5,8-9,21-23H,2,6-7,10H2,1H3. The van der Waals surface area contributed by atoms with E-state index in [0.29, 0.717) is 25.3 Å². The summed E-state index contributed by atoms with van der Waals surface area (Å²) < 4.78 is 4.83. The lowest BCUT2D eigenvalue weighted by molar-refractivity contribution is -0.142. The monoisotopic (exact) mass is 369 g/mol. The van der Waals surface area contributed by atoms with Gasteiger partial charge in [-0.2, -0.15) is 0 Å². The summed E-state index contributed by atoms with van der Waals surface area (Å²) in [6, 6.07) is 7.23. The summed E-state index contributed by atoms with van der Waals surface area (Å²) in [6.45, 7) is 2.73. The number of ketones is 2.